The maximum atomic E-state index is 5.04. The second kappa shape index (κ2) is 5.04. The van der Waals surface area contributed by atoms with E-state index in [1.165, 1.54) is 0 Å². The molecule has 0 saturated carbocycles. The molecule has 0 aromatic carbocycles. The molecule has 0 aromatic rings. The molecule has 0 spiro atoms. The molecule has 0 rings (SSSR count). The summed E-state index contributed by atoms with van der Waals surface area (Å²) in [6.07, 6.45) is 0. The van der Waals surface area contributed by atoms with Crippen LogP contribution >= 0.6 is 35.7 Å². The topological polar surface area (TPSA) is 0 Å². The van der Waals surface area contributed by atoms with Crippen molar-refractivity contribution in [3.63, 3.8) is 0 Å². The molecule has 0 fully saturated rings. The SMILES string of the molecule is [Ar].[Cl][Sn]([Cl])([Cl])[Cl]. The first-order valence-corrected chi connectivity index (χ1v) is 15.2. The maximum absolute atomic E-state index is 5.04. The monoisotopic (exact) mass is 300 g/mol. The fourth-order valence-corrected chi connectivity index (χ4v) is 0. The second-order valence-electron chi connectivity index (χ2n) is 0.429. The van der Waals surface area contributed by atoms with E-state index in [0.717, 1.165) is 0 Å². The van der Waals surface area contributed by atoms with Crippen molar-refractivity contribution in [1.82, 2.24) is 0 Å². The van der Waals surface area contributed by atoms with Gasteiger partial charge in [-0.2, -0.15) is 0 Å². The Balaban J connectivity index is 0. The van der Waals surface area contributed by atoms with Crippen LogP contribution in [-0.2, 0) is 0 Å². The first-order valence-electron chi connectivity index (χ1n) is 0.756. The van der Waals surface area contributed by atoms with Crippen LogP contribution in [0.2, 0.25) is 0 Å². The van der Waals surface area contributed by atoms with E-state index in [1.807, 2.05) is 0 Å². The van der Waals surface area contributed by atoms with Crippen molar-refractivity contribution in [1.29, 1.82) is 0 Å². The van der Waals surface area contributed by atoms with E-state index in [9.17, 15) is 0 Å². The number of rotatable bonds is 0. The van der Waals surface area contributed by atoms with Gasteiger partial charge in [0.2, 0.25) is 0 Å². The first kappa shape index (κ1) is 11.9. The number of halogens is 4. The van der Waals surface area contributed by atoms with Gasteiger partial charge in [0.15, 0.2) is 0 Å². The van der Waals surface area contributed by atoms with Gasteiger partial charge in [0.05, 0.1) is 0 Å². The molecule has 0 N–H and O–H groups in total. The molecule has 0 aliphatic heterocycles. The van der Waals surface area contributed by atoms with Gasteiger partial charge in [-0.3, -0.25) is 0 Å². The molecule has 0 aliphatic rings. The third-order valence-corrected chi connectivity index (χ3v) is 0. The zero-order valence-corrected chi connectivity index (χ0v) is 8.95. The van der Waals surface area contributed by atoms with Crippen LogP contribution in [0.3, 0.4) is 0 Å². The molecule has 6 heteroatoms. The summed E-state index contributed by atoms with van der Waals surface area (Å²) >= 11 is -3.29. The van der Waals surface area contributed by atoms with Crippen LogP contribution < -0.4 is 0 Å². The first-order chi connectivity index (χ1) is 2.00. The molecule has 0 aliphatic carbocycles. The van der Waals surface area contributed by atoms with Gasteiger partial charge in [0.1, 0.15) is 0 Å². The van der Waals surface area contributed by atoms with Gasteiger partial charge in [-0.15, -0.1) is 0 Å². The van der Waals surface area contributed by atoms with E-state index in [2.05, 4.69) is 0 Å². The van der Waals surface area contributed by atoms with Crippen LogP contribution in [0.4, 0.5) is 0 Å². The summed E-state index contributed by atoms with van der Waals surface area (Å²) in [6.45, 7) is 0. The van der Waals surface area contributed by atoms with E-state index >= 15 is 0 Å². The minimum atomic E-state index is -3.29. The van der Waals surface area contributed by atoms with Gasteiger partial charge in [-0.1, -0.05) is 0 Å². The summed E-state index contributed by atoms with van der Waals surface area (Å²) < 4.78 is 0. The Morgan fingerprint density at radius 2 is 0.833 bits per heavy atom. The number of hydrogen-bond acceptors (Lipinski definition) is 0. The molecule has 0 aromatic heterocycles. The van der Waals surface area contributed by atoms with Gasteiger partial charge in [-0.25, -0.2) is 0 Å². The zero-order chi connectivity index (χ0) is 4.50. The summed E-state index contributed by atoms with van der Waals surface area (Å²) in [7, 11) is 20.1. The summed E-state index contributed by atoms with van der Waals surface area (Å²) in [5, 5.41) is 0. The summed E-state index contributed by atoms with van der Waals surface area (Å²) in [5.41, 5.74) is 0. The van der Waals surface area contributed by atoms with Crippen molar-refractivity contribution in [2.24, 2.45) is 0 Å². The molecule has 0 radical (unpaired) electrons. The molecule has 6 heavy (non-hydrogen) atoms. The van der Waals surface area contributed by atoms with E-state index in [4.69, 9.17) is 35.7 Å². The normalized spacial score (nSPS) is 10.0. The van der Waals surface area contributed by atoms with Crippen LogP contribution in [0.15, 0.2) is 0 Å². The molecule has 0 amide bonds. The Morgan fingerprint density at radius 1 is 0.833 bits per heavy atom. The average molecular weight is 300 g/mol. The van der Waals surface area contributed by atoms with Crippen molar-refractivity contribution in [2.45, 2.75) is 0 Å². The predicted molar refractivity (Wildman–Crippen MR) is 29.2 cm³/mol. The Bertz CT molecular complexity index is 23.0. The zero-order valence-electron chi connectivity index (χ0n) is 2.37. The second-order valence-corrected chi connectivity index (χ2v) is 25.9. The van der Waals surface area contributed by atoms with Crippen LogP contribution in [0.5, 0.6) is 0 Å². The average Bonchev–Trinajstić information content (AvgIpc) is 0.722. The van der Waals surface area contributed by atoms with Crippen LogP contribution in [0.25, 0.3) is 0 Å². The van der Waals surface area contributed by atoms with Crippen molar-refractivity contribution in [3.05, 3.63) is 0 Å². The van der Waals surface area contributed by atoms with Gasteiger partial charge < -0.3 is 0 Å². The van der Waals surface area contributed by atoms with Gasteiger partial charge in [0, 0.05) is 37.7 Å². The van der Waals surface area contributed by atoms with Gasteiger partial charge >= 0.3 is 49.6 Å². The Hall–Kier alpha value is 3.22. The van der Waals surface area contributed by atoms with Crippen molar-refractivity contribution >= 4 is 49.6 Å². The van der Waals surface area contributed by atoms with E-state index < -0.39 is 13.9 Å². The summed E-state index contributed by atoms with van der Waals surface area (Å²) in [5.74, 6) is 0. The Morgan fingerprint density at radius 3 is 0.833 bits per heavy atom. The van der Waals surface area contributed by atoms with Crippen molar-refractivity contribution in [3.8, 4) is 0 Å². The van der Waals surface area contributed by atoms with Crippen LogP contribution in [-0.4, -0.2) is 13.9 Å². The van der Waals surface area contributed by atoms with E-state index in [-0.39, 0.29) is 37.7 Å². The van der Waals surface area contributed by atoms with Crippen LogP contribution in [0, 0.1) is 37.7 Å². The molecule has 0 atom stereocenters. The molecular weight excluding hydrogens is 300 g/mol. The predicted octanol–water partition coefficient (Wildman–Crippen LogP) is 2.38. The van der Waals surface area contributed by atoms with Crippen molar-refractivity contribution < 1.29 is 37.7 Å². The number of hydrogen-bond donors (Lipinski definition) is 0. The fraction of sp³-hybridized carbons (Fsp3) is 0. The third-order valence-electron chi connectivity index (χ3n) is 0. The fourth-order valence-electron chi connectivity index (χ4n) is 0. The quantitative estimate of drug-likeness (QED) is 0.603. The Kier molecular flexibility index (Phi) is 10.0. The van der Waals surface area contributed by atoms with Crippen molar-refractivity contribution in [2.75, 3.05) is 0 Å². The van der Waals surface area contributed by atoms with Gasteiger partial charge in [-0.05, 0) is 0 Å². The standard InChI is InChI=1S/Ar.4ClH.Sn/h;4*1H;/q;;;;;+4/p-4. The van der Waals surface area contributed by atoms with Crippen LogP contribution in [0.1, 0.15) is 0 Å². The molecule has 0 heterocycles. The van der Waals surface area contributed by atoms with Gasteiger partial charge in [0.25, 0.3) is 0 Å². The molecule has 0 nitrogen and oxygen atoms in total. The molecular formula is ArCl4Sn. The minimum absolute atomic E-state index is 0. The summed E-state index contributed by atoms with van der Waals surface area (Å²) in [4.78, 5) is 0. The van der Waals surface area contributed by atoms with E-state index in [1.54, 1.807) is 0 Å². The Labute approximate surface area is 85.2 Å². The third kappa shape index (κ3) is 26.9. The molecule has 0 saturated heterocycles. The summed E-state index contributed by atoms with van der Waals surface area (Å²) in [6, 6.07) is 0. The molecule has 0 unspecified atom stereocenters. The van der Waals surface area contributed by atoms with E-state index in [0.29, 0.717) is 0 Å². The molecule has 0 bridgehead atoms. The molecule has 40 valence electrons.